The van der Waals surface area contributed by atoms with Crippen LogP contribution in [-0.2, 0) is 11.2 Å². The number of nitrogens with zero attached hydrogens (tertiary/aromatic N) is 3. The Bertz CT molecular complexity index is 1010. The molecule has 1 amide bonds. The first-order valence-corrected chi connectivity index (χ1v) is 9.80. The van der Waals surface area contributed by atoms with E-state index in [1.54, 1.807) is 12.3 Å². The summed E-state index contributed by atoms with van der Waals surface area (Å²) >= 11 is 0. The number of carbonyl (C=O) groups excluding carboxylic acids is 1. The summed E-state index contributed by atoms with van der Waals surface area (Å²) in [6.07, 6.45) is 3.82. The van der Waals surface area contributed by atoms with Crippen LogP contribution in [0, 0.1) is 5.82 Å². The number of nitrogens with two attached hydrogens (primary N) is 1. The molecule has 148 valence electrons. The second kappa shape index (κ2) is 8.39. The smallest absolute Gasteiger partial charge is 0.227 e. The van der Waals surface area contributed by atoms with Crippen LogP contribution in [0.2, 0.25) is 0 Å². The fraction of sp³-hybridized carbons (Fsp3) is 0.261. The molecule has 1 aliphatic rings. The number of rotatable bonds is 4. The van der Waals surface area contributed by atoms with Crippen LogP contribution in [0.5, 0.6) is 0 Å². The molecule has 0 aliphatic carbocycles. The number of benzene rings is 2. The van der Waals surface area contributed by atoms with Gasteiger partial charge in [0.15, 0.2) is 0 Å². The lowest BCUT2D eigenvalue weighted by atomic mass is 9.89. The van der Waals surface area contributed by atoms with Crippen LogP contribution in [0.3, 0.4) is 0 Å². The Morgan fingerprint density at radius 1 is 1.17 bits per heavy atom. The van der Waals surface area contributed by atoms with Crippen molar-refractivity contribution in [1.82, 2.24) is 14.9 Å². The summed E-state index contributed by atoms with van der Waals surface area (Å²) in [7, 11) is 0. The summed E-state index contributed by atoms with van der Waals surface area (Å²) in [5.41, 5.74) is 9.13. The summed E-state index contributed by atoms with van der Waals surface area (Å²) in [5.74, 6) is 0.0174. The molecule has 0 bridgehead atoms. The molecule has 1 fully saturated rings. The second-order valence-electron chi connectivity index (χ2n) is 7.38. The zero-order valence-electron chi connectivity index (χ0n) is 16.1. The number of piperidine rings is 1. The first kappa shape index (κ1) is 19.1. The normalized spacial score (nSPS) is 16.6. The highest BCUT2D eigenvalue weighted by molar-refractivity contribution is 5.79. The van der Waals surface area contributed by atoms with Gasteiger partial charge < -0.3 is 10.6 Å². The van der Waals surface area contributed by atoms with E-state index in [4.69, 9.17) is 5.73 Å². The van der Waals surface area contributed by atoms with Crippen LogP contribution in [0.1, 0.15) is 30.0 Å². The number of hydrogen-bond acceptors (Lipinski definition) is 4. The lowest BCUT2D eigenvalue weighted by Gasteiger charge is -2.33. The van der Waals surface area contributed by atoms with Crippen molar-refractivity contribution >= 4 is 11.9 Å². The van der Waals surface area contributed by atoms with Gasteiger partial charge in [0.05, 0.1) is 12.1 Å². The second-order valence-corrected chi connectivity index (χ2v) is 7.38. The minimum absolute atomic E-state index is 0.0343. The van der Waals surface area contributed by atoms with Crippen molar-refractivity contribution in [1.29, 1.82) is 0 Å². The molecule has 1 atom stereocenters. The molecule has 0 unspecified atom stereocenters. The van der Waals surface area contributed by atoms with Gasteiger partial charge in [0.25, 0.3) is 0 Å². The molecule has 0 spiro atoms. The molecule has 4 rings (SSSR count). The van der Waals surface area contributed by atoms with Crippen molar-refractivity contribution in [2.24, 2.45) is 0 Å². The molecular weight excluding hydrogens is 367 g/mol. The highest BCUT2D eigenvalue weighted by atomic mass is 19.1. The molecule has 3 aromatic rings. The predicted octanol–water partition coefficient (Wildman–Crippen LogP) is 3.81. The van der Waals surface area contributed by atoms with Crippen LogP contribution in [0.25, 0.3) is 11.1 Å². The molecule has 29 heavy (non-hydrogen) atoms. The molecule has 2 N–H and O–H groups in total. The highest BCUT2D eigenvalue weighted by Crippen LogP contribution is 2.33. The van der Waals surface area contributed by atoms with Gasteiger partial charge in [-0.15, -0.1) is 0 Å². The van der Waals surface area contributed by atoms with E-state index in [2.05, 4.69) is 9.97 Å². The van der Waals surface area contributed by atoms with Crippen molar-refractivity contribution in [3.05, 3.63) is 77.9 Å². The number of nitrogen functional groups attached to an aromatic ring is 1. The predicted molar refractivity (Wildman–Crippen MR) is 111 cm³/mol. The third-order valence-corrected chi connectivity index (χ3v) is 5.33. The van der Waals surface area contributed by atoms with Crippen LogP contribution >= 0.6 is 0 Å². The number of halogens is 1. The van der Waals surface area contributed by atoms with Crippen molar-refractivity contribution in [3.8, 4) is 11.1 Å². The summed E-state index contributed by atoms with van der Waals surface area (Å²) < 4.78 is 13.8. The Balaban J connectivity index is 1.58. The van der Waals surface area contributed by atoms with Gasteiger partial charge in [-0.3, -0.25) is 4.79 Å². The first-order valence-electron chi connectivity index (χ1n) is 9.80. The fourth-order valence-corrected chi connectivity index (χ4v) is 3.91. The Labute approximate surface area is 169 Å². The summed E-state index contributed by atoms with van der Waals surface area (Å²) in [6, 6.07) is 16.1. The van der Waals surface area contributed by atoms with Gasteiger partial charge in [-0.1, -0.05) is 42.5 Å². The third kappa shape index (κ3) is 4.42. The van der Waals surface area contributed by atoms with Crippen LogP contribution in [0.15, 0.2) is 60.8 Å². The first-order chi connectivity index (χ1) is 14.1. The van der Waals surface area contributed by atoms with E-state index < -0.39 is 0 Å². The quantitative estimate of drug-likeness (QED) is 0.735. The number of hydrogen-bond donors (Lipinski definition) is 1. The molecule has 2 heterocycles. The van der Waals surface area contributed by atoms with Gasteiger partial charge in [0, 0.05) is 30.8 Å². The van der Waals surface area contributed by atoms with Gasteiger partial charge >= 0.3 is 0 Å². The standard InChI is InChI=1S/C23H23FN4O/c24-19-10-4-8-17(13-19)20-14-26-23(25)27-22(20)18-9-5-11-28(15-18)21(29)12-16-6-2-1-3-7-16/h1-4,6-8,10,13-14,18H,5,9,11-12,15H2,(H2,25,26,27)/t18-/m0/s1. The number of likely N-dealkylation sites (tertiary alicyclic amines) is 1. The number of anilines is 1. The van der Waals surface area contributed by atoms with Crippen molar-refractivity contribution in [3.63, 3.8) is 0 Å². The van der Waals surface area contributed by atoms with E-state index in [0.29, 0.717) is 18.5 Å². The van der Waals surface area contributed by atoms with E-state index in [0.717, 1.165) is 36.2 Å². The maximum atomic E-state index is 13.8. The van der Waals surface area contributed by atoms with Gasteiger partial charge in [-0.25, -0.2) is 14.4 Å². The average molecular weight is 390 g/mol. The van der Waals surface area contributed by atoms with E-state index in [1.807, 2.05) is 41.3 Å². The third-order valence-electron chi connectivity index (χ3n) is 5.33. The molecule has 0 radical (unpaired) electrons. The fourth-order valence-electron chi connectivity index (χ4n) is 3.91. The topological polar surface area (TPSA) is 72.1 Å². The largest absolute Gasteiger partial charge is 0.368 e. The highest BCUT2D eigenvalue weighted by Gasteiger charge is 2.28. The molecule has 1 aliphatic heterocycles. The maximum Gasteiger partial charge on any atom is 0.227 e. The molecule has 1 saturated heterocycles. The minimum atomic E-state index is -0.311. The molecule has 2 aromatic carbocycles. The molecule has 5 nitrogen and oxygen atoms in total. The van der Waals surface area contributed by atoms with Crippen LogP contribution < -0.4 is 5.73 Å². The average Bonchev–Trinajstić information content (AvgIpc) is 2.74. The molecule has 0 saturated carbocycles. The van der Waals surface area contributed by atoms with Crippen molar-refractivity contribution in [2.45, 2.75) is 25.2 Å². The monoisotopic (exact) mass is 390 g/mol. The zero-order valence-corrected chi connectivity index (χ0v) is 16.1. The Hall–Kier alpha value is -3.28. The SMILES string of the molecule is Nc1ncc(-c2cccc(F)c2)c([C@H]2CCCN(C(=O)Cc3ccccc3)C2)n1. The molecular formula is C23H23FN4O. The van der Waals surface area contributed by atoms with Gasteiger partial charge in [0.1, 0.15) is 5.82 Å². The summed E-state index contributed by atoms with van der Waals surface area (Å²) in [6.45, 7) is 1.31. The van der Waals surface area contributed by atoms with Gasteiger partial charge in [-0.2, -0.15) is 0 Å². The molecule has 1 aromatic heterocycles. The van der Waals surface area contributed by atoms with E-state index in [-0.39, 0.29) is 23.6 Å². The zero-order chi connectivity index (χ0) is 20.2. The van der Waals surface area contributed by atoms with E-state index >= 15 is 0 Å². The Kier molecular flexibility index (Phi) is 5.51. The minimum Gasteiger partial charge on any atom is -0.368 e. The lowest BCUT2D eigenvalue weighted by Crippen LogP contribution is -2.40. The van der Waals surface area contributed by atoms with Crippen molar-refractivity contribution < 1.29 is 9.18 Å². The number of aromatic nitrogens is 2. The van der Waals surface area contributed by atoms with Crippen LogP contribution in [0.4, 0.5) is 10.3 Å². The van der Waals surface area contributed by atoms with Crippen LogP contribution in [-0.4, -0.2) is 33.9 Å². The Morgan fingerprint density at radius 3 is 2.79 bits per heavy atom. The lowest BCUT2D eigenvalue weighted by molar-refractivity contribution is -0.131. The Morgan fingerprint density at radius 2 is 2.00 bits per heavy atom. The van der Waals surface area contributed by atoms with Crippen molar-refractivity contribution in [2.75, 3.05) is 18.8 Å². The van der Waals surface area contributed by atoms with E-state index in [9.17, 15) is 9.18 Å². The molecule has 6 heteroatoms. The van der Waals surface area contributed by atoms with E-state index in [1.165, 1.54) is 12.1 Å². The van der Waals surface area contributed by atoms with Gasteiger partial charge in [0.2, 0.25) is 11.9 Å². The maximum absolute atomic E-state index is 13.8. The number of carbonyl (C=O) groups is 1. The number of amides is 1. The van der Waals surface area contributed by atoms with Gasteiger partial charge in [-0.05, 0) is 36.1 Å². The summed E-state index contributed by atoms with van der Waals surface area (Å²) in [5, 5.41) is 0. The summed E-state index contributed by atoms with van der Waals surface area (Å²) in [4.78, 5) is 23.3.